The first-order valence-corrected chi connectivity index (χ1v) is 10.3. The smallest absolute Gasteiger partial charge is 0.191 e. The van der Waals surface area contributed by atoms with E-state index in [-0.39, 0.29) is 30.1 Å². The molecule has 2 N–H and O–H groups in total. The first-order valence-electron chi connectivity index (χ1n) is 10.3. The van der Waals surface area contributed by atoms with Crippen LogP contribution in [0.5, 0.6) is 0 Å². The summed E-state index contributed by atoms with van der Waals surface area (Å²) in [5.74, 6) is 2.62. The Morgan fingerprint density at radius 1 is 1.32 bits per heavy atom. The maximum absolute atomic E-state index is 5.60. The summed E-state index contributed by atoms with van der Waals surface area (Å²) in [6, 6.07) is 4.63. The largest absolute Gasteiger partial charge is 0.375 e. The molecular formula is C21H38IN5O. The number of pyridine rings is 1. The van der Waals surface area contributed by atoms with Crippen LogP contribution in [0, 0.1) is 5.92 Å². The van der Waals surface area contributed by atoms with E-state index in [2.05, 4.69) is 67.3 Å². The van der Waals surface area contributed by atoms with Crippen molar-refractivity contribution in [1.29, 1.82) is 0 Å². The molecule has 1 aromatic heterocycles. The Hall–Kier alpha value is -1.09. The Bertz CT molecular complexity index is 579. The fourth-order valence-corrected chi connectivity index (χ4v) is 3.10. The van der Waals surface area contributed by atoms with Crippen LogP contribution in [0.1, 0.15) is 53.0 Å². The molecule has 0 spiro atoms. The third-order valence-electron chi connectivity index (χ3n) is 4.70. The van der Waals surface area contributed by atoms with Crippen molar-refractivity contribution in [2.45, 2.75) is 66.2 Å². The predicted octanol–water partition coefficient (Wildman–Crippen LogP) is 3.80. The SMILES string of the molecule is CCNC(=NCc1ccc(N2CCOC(C)C2)nc1)NC(C)CCC(C)C.I. The summed E-state index contributed by atoms with van der Waals surface area (Å²) in [6.07, 6.45) is 4.57. The van der Waals surface area contributed by atoms with E-state index in [1.165, 1.54) is 6.42 Å². The normalized spacial score (nSPS) is 18.6. The van der Waals surface area contributed by atoms with Gasteiger partial charge in [0.2, 0.25) is 0 Å². The second-order valence-corrected chi connectivity index (χ2v) is 7.86. The Balaban J connectivity index is 0.00000392. The average Bonchev–Trinajstić information content (AvgIpc) is 2.65. The zero-order chi connectivity index (χ0) is 19.6. The molecule has 1 aliphatic heterocycles. The predicted molar refractivity (Wildman–Crippen MR) is 129 cm³/mol. The number of nitrogens with zero attached hydrogens (tertiary/aromatic N) is 3. The second kappa shape index (κ2) is 13.2. The Labute approximate surface area is 187 Å². The van der Waals surface area contributed by atoms with Crippen LogP contribution in [-0.2, 0) is 11.3 Å². The lowest BCUT2D eigenvalue weighted by Gasteiger charge is -2.32. The molecule has 2 heterocycles. The molecule has 1 fully saturated rings. The van der Waals surface area contributed by atoms with E-state index in [1.807, 2.05) is 6.20 Å². The second-order valence-electron chi connectivity index (χ2n) is 7.86. The molecule has 0 aromatic carbocycles. The fraction of sp³-hybridized carbons (Fsp3) is 0.714. The van der Waals surface area contributed by atoms with E-state index >= 15 is 0 Å². The minimum absolute atomic E-state index is 0. The van der Waals surface area contributed by atoms with Gasteiger partial charge in [0.05, 0.1) is 19.3 Å². The van der Waals surface area contributed by atoms with Crippen molar-refractivity contribution in [3.63, 3.8) is 0 Å². The van der Waals surface area contributed by atoms with Gasteiger partial charge in [-0.1, -0.05) is 19.9 Å². The number of hydrogen-bond donors (Lipinski definition) is 2. The highest BCUT2D eigenvalue weighted by atomic mass is 127. The number of hydrogen-bond acceptors (Lipinski definition) is 4. The summed E-state index contributed by atoms with van der Waals surface area (Å²) in [6.45, 7) is 15.0. The highest BCUT2D eigenvalue weighted by molar-refractivity contribution is 14.0. The van der Waals surface area contributed by atoms with E-state index in [0.717, 1.165) is 55.9 Å². The molecule has 160 valence electrons. The molecule has 28 heavy (non-hydrogen) atoms. The van der Waals surface area contributed by atoms with Crippen molar-refractivity contribution < 1.29 is 4.74 Å². The molecule has 1 aromatic rings. The number of halogens is 1. The number of morpholine rings is 1. The van der Waals surface area contributed by atoms with Gasteiger partial charge in [0, 0.05) is 31.9 Å². The van der Waals surface area contributed by atoms with E-state index in [4.69, 9.17) is 9.73 Å². The topological polar surface area (TPSA) is 61.8 Å². The van der Waals surface area contributed by atoms with Crippen LogP contribution >= 0.6 is 24.0 Å². The van der Waals surface area contributed by atoms with E-state index in [1.54, 1.807) is 0 Å². The number of ether oxygens (including phenoxy) is 1. The van der Waals surface area contributed by atoms with Gasteiger partial charge in [0.15, 0.2) is 5.96 Å². The lowest BCUT2D eigenvalue weighted by Crippen LogP contribution is -2.42. The molecule has 0 aliphatic carbocycles. The summed E-state index contributed by atoms with van der Waals surface area (Å²) >= 11 is 0. The van der Waals surface area contributed by atoms with Crippen molar-refractivity contribution in [3.8, 4) is 0 Å². The van der Waals surface area contributed by atoms with Crippen LogP contribution in [-0.4, -0.2) is 49.3 Å². The van der Waals surface area contributed by atoms with Crippen LogP contribution in [0.25, 0.3) is 0 Å². The lowest BCUT2D eigenvalue weighted by atomic mass is 10.0. The molecule has 7 heteroatoms. The third kappa shape index (κ3) is 8.94. The van der Waals surface area contributed by atoms with Crippen LogP contribution in [0.15, 0.2) is 23.3 Å². The first-order chi connectivity index (χ1) is 13.0. The van der Waals surface area contributed by atoms with Gasteiger partial charge in [-0.05, 0) is 51.2 Å². The number of aliphatic imine (C=N–C) groups is 1. The Kier molecular flexibility index (Phi) is 11.8. The van der Waals surface area contributed by atoms with Gasteiger partial charge < -0.3 is 20.3 Å². The number of nitrogens with one attached hydrogen (secondary N) is 2. The van der Waals surface area contributed by atoms with Crippen molar-refractivity contribution >= 4 is 35.8 Å². The zero-order valence-electron chi connectivity index (χ0n) is 18.1. The van der Waals surface area contributed by atoms with Gasteiger partial charge in [0.25, 0.3) is 0 Å². The van der Waals surface area contributed by atoms with Crippen molar-refractivity contribution in [2.24, 2.45) is 10.9 Å². The number of anilines is 1. The molecule has 1 saturated heterocycles. The average molecular weight is 503 g/mol. The quantitative estimate of drug-likeness (QED) is 0.321. The van der Waals surface area contributed by atoms with E-state index in [9.17, 15) is 0 Å². The monoisotopic (exact) mass is 503 g/mol. The molecule has 1 aliphatic rings. The molecular weight excluding hydrogens is 465 g/mol. The molecule has 0 bridgehead atoms. The van der Waals surface area contributed by atoms with E-state index < -0.39 is 0 Å². The lowest BCUT2D eigenvalue weighted by molar-refractivity contribution is 0.0529. The van der Waals surface area contributed by atoms with Crippen LogP contribution in [0.2, 0.25) is 0 Å². The van der Waals surface area contributed by atoms with Crippen LogP contribution in [0.4, 0.5) is 5.82 Å². The molecule has 2 rings (SSSR count). The molecule has 0 radical (unpaired) electrons. The molecule has 2 atom stereocenters. The van der Waals surface area contributed by atoms with Crippen LogP contribution < -0.4 is 15.5 Å². The molecule has 0 amide bonds. The van der Waals surface area contributed by atoms with Gasteiger partial charge >= 0.3 is 0 Å². The minimum atomic E-state index is 0. The summed E-state index contributed by atoms with van der Waals surface area (Å²) in [4.78, 5) is 11.6. The minimum Gasteiger partial charge on any atom is -0.375 e. The number of aromatic nitrogens is 1. The van der Waals surface area contributed by atoms with Gasteiger partial charge in [-0.15, -0.1) is 24.0 Å². The van der Waals surface area contributed by atoms with Crippen molar-refractivity contribution in [2.75, 3.05) is 31.1 Å². The van der Waals surface area contributed by atoms with Crippen molar-refractivity contribution in [1.82, 2.24) is 15.6 Å². The molecule has 6 nitrogen and oxygen atoms in total. The van der Waals surface area contributed by atoms with Gasteiger partial charge in [-0.25, -0.2) is 9.98 Å². The molecule has 2 unspecified atom stereocenters. The Morgan fingerprint density at radius 2 is 2.11 bits per heavy atom. The van der Waals surface area contributed by atoms with Crippen molar-refractivity contribution in [3.05, 3.63) is 23.9 Å². The van der Waals surface area contributed by atoms with E-state index in [0.29, 0.717) is 12.6 Å². The summed E-state index contributed by atoms with van der Waals surface area (Å²) in [5, 5.41) is 6.84. The summed E-state index contributed by atoms with van der Waals surface area (Å²) < 4.78 is 5.60. The fourth-order valence-electron chi connectivity index (χ4n) is 3.10. The van der Waals surface area contributed by atoms with Gasteiger partial charge in [-0.2, -0.15) is 0 Å². The van der Waals surface area contributed by atoms with Gasteiger partial charge in [-0.3, -0.25) is 0 Å². The maximum Gasteiger partial charge on any atom is 0.191 e. The standard InChI is InChI=1S/C21H37N5O.HI/c1-6-22-21(25-17(4)8-7-16(2)3)24-14-19-9-10-20(23-13-19)26-11-12-27-18(5)15-26;/h9-10,13,16-18H,6-8,11-12,14-15H2,1-5H3,(H2,22,24,25);1H. The first kappa shape index (κ1) is 24.9. The molecule has 0 saturated carbocycles. The highest BCUT2D eigenvalue weighted by Gasteiger charge is 2.17. The highest BCUT2D eigenvalue weighted by Crippen LogP contribution is 2.15. The van der Waals surface area contributed by atoms with Crippen LogP contribution in [0.3, 0.4) is 0 Å². The summed E-state index contributed by atoms with van der Waals surface area (Å²) in [5.41, 5.74) is 1.12. The summed E-state index contributed by atoms with van der Waals surface area (Å²) in [7, 11) is 0. The third-order valence-corrected chi connectivity index (χ3v) is 4.70. The Morgan fingerprint density at radius 3 is 2.71 bits per heavy atom. The number of rotatable bonds is 8. The van der Waals surface area contributed by atoms with Gasteiger partial charge in [0.1, 0.15) is 5.82 Å². The maximum atomic E-state index is 5.60. The zero-order valence-corrected chi connectivity index (χ0v) is 20.4. The number of guanidine groups is 1.